The van der Waals surface area contributed by atoms with Crippen LogP contribution in [0, 0.1) is 6.92 Å². The van der Waals surface area contributed by atoms with E-state index in [1.54, 1.807) is 18.2 Å². The van der Waals surface area contributed by atoms with E-state index in [0.29, 0.717) is 48.6 Å². The third-order valence-electron chi connectivity index (χ3n) is 5.37. The molecule has 164 valence electrons. The van der Waals surface area contributed by atoms with Crippen molar-refractivity contribution in [1.82, 2.24) is 10.2 Å². The predicted molar refractivity (Wildman–Crippen MR) is 117 cm³/mol. The third-order valence-corrected chi connectivity index (χ3v) is 5.37. The summed E-state index contributed by atoms with van der Waals surface area (Å²) in [6.07, 6.45) is 1.39. The van der Waals surface area contributed by atoms with Crippen LogP contribution in [-0.2, 0) is 4.79 Å². The van der Waals surface area contributed by atoms with Gasteiger partial charge in [-0.2, -0.15) is 0 Å². The van der Waals surface area contributed by atoms with Gasteiger partial charge in [0.2, 0.25) is 0 Å². The summed E-state index contributed by atoms with van der Waals surface area (Å²) in [5.74, 6) is 0.523. The van der Waals surface area contributed by atoms with Gasteiger partial charge in [0.25, 0.3) is 11.8 Å². The van der Waals surface area contributed by atoms with Crippen molar-refractivity contribution in [3.63, 3.8) is 0 Å². The second kappa shape index (κ2) is 10.1. The Hall–Kier alpha value is -3.35. The fourth-order valence-corrected chi connectivity index (χ4v) is 3.52. The van der Waals surface area contributed by atoms with E-state index < -0.39 is 0 Å². The number of hydrogen-bond acceptors (Lipinski definition) is 5. The van der Waals surface area contributed by atoms with Crippen LogP contribution in [0.4, 0.5) is 0 Å². The molecule has 0 unspecified atom stereocenters. The molecule has 0 spiro atoms. The van der Waals surface area contributed by atoms with Crippen molar-refractivity contribution in [3.05, 3.63) is 59.2 Å². The zero-order valence-electron chi connectivity index (χ0n) is 18.1. The number of piperidine rings is 1. The maximum atomic E-state index is 12.6. The second-order valence-corrected chi connectivity index (χ2v) is 7.71. The van der Waals surface area contributed by atoms with Gasteiger partial charge >= 0.3 is 0 Å². The van der Waals surface area contributed by atoms with E-state index in [1.807, 2.05) is 36.1 Å². The highest BCUT2D eigenvalue weighted by molar-refractivity contribution is 5.95. The first-order chi connectivity index (χ1) is 14.9. The second-order valence-electron chi connectivity index (χ2n) is 7.71. The molecule has 7 nitrogen and oxygen atoms in total. The number of methoxy groups -OCH3 is 1. The molecule has 0 aromatic heterocycles. The first kappa shape index (κ1) is 22.3. The molecule has 3 rings (SSSR count). The van der Waals surface area contributed by atoms with E-state index in [4.69, 9.17) is 9.47 Å². The predicted octanol–water partition coefficient (Wildman–Crippen LogP) is 3.01. The Morgan fingerprint density at radius 1 is 1.00 bits per heavy atom. The molecule has 1 aliphatic rings. The molecule has 1 saturated heterocycles. The molecule has 0 bridgehead atoms. The zero-order valence-corrected chi connectivity index (χ0v) is 18.1. The van der Waals surface area contributed by atoms with Gasteiger partial charge in [-0.3, -0.25) is 14.4 Å². The summed E-state index contributed by atoms with van der Waals surface area (Å²) in [4.78, 5) is 38.2. The summed E-state index contributed by atoms with van der Waals surface area (Å²) in [7, 11) is 1.48. The SMILES string of the molecule is COc1cc(C(C)=O)ccc1OCC(=O)NC1CCN(C(=O)c2ccc(C)cc2)CC1. The average Bonchev–Trinajstić information content (AvgIpc) is 2.78. The van der Waals surface area contributed by atoms with Crippen LogP contribution < -0.4 is 14.8 Å². The van der Waals surface area contributed by atoms with Crippen LogP contribution in [-0.4, -0.2) is 55.3 Å². The molecule has 1 heterocycles. The number of Topliss-reactive ketones (excluding diaryl/α,β-unsaturated/α-hetero) is 1. The Balaban J connectivity index is 1.46. The minimum atomic E-state index is -0.235. The lowest BCUT2D eigenvalue weighted by Gasteiger charge is -2.32. The van der Waals surface area contributed by atoms with Crippen molar-refractivity contribution in [2.75, 3.05) is 26.8 Å². The minimum Gasteiger partial charge on any atom is -0.493 e. The largest absolute Gasteiger partial charge is 0.493 e. The maximum absolute atomic E-state index is 12.6. The van der Waals surface area contributed by atoms with E-state index in [9.17, 15) is 14.4 Å². The summed E-state index contributed by atoms with van der Waals surface area (Å²) in [5.41, 5.74) is 2.32. The van der Waals surface area contributed by atoms with Crippen LogP contribution in [0.2, 0.25) is 0 Å². The highest BCUT2D eigenvalue weighted by atomic mass is 16.5. The van der Waals surface area contributed by atoms with Crippen LogP contribution in [0.3, 0.4) is 0 Å². The Morgan fingerprint density at radius 2 is 1.65 bits per heavy atom. The van der Waals surface area contributed by atoms with Crippen molar-refractivity contribution < 1.29 is 23.9 Å². The summed E-state index contributed by atoms with van der Waals surface area (Å²) in [6.45, 7) is 4.50. The lowest BCUT2D eigenvalue weighted by Crippen LogP contribution is -2.47. The number of nitrogens with one attached hydrogen (secondary N) is 1. The molecule has 0 saturated carbocycles. The number of nitrogens with zero attached hydrogens (tertiary/aromatic N) is 1. The fraction of sp³-hybridized carbons (Fsp3) is 0.375. The summed E-state index contributed by atoms with van der Waals surface area (Å²) >= 11 is 0. The van der Waals surface area contributed by atoms with Crippen molar-refractivity contribution >= 4 is 17.6 Å². The Labute approximate surface area is 182 Å². The smallest absolute Gasteiger partial charge is 0.258 e. The molecule has 0 aliphatic carbocycles. The molecule has 1 N–H and O–H groups in total. The van der Waals surface area contributed by atoms with Gasteiger partial charge in [-0.15, -0.1) is 0 Å². The standard InChI is InChI=1S/C24H28N2O5/c1-16-4-6-18(7-5-16)24(29)26-12-10-20(11-13-26)25-23(28)15-31-21-9-8-19(17(2)27)14-22(21)30-3/h4-9,14,20H,10-13,15H2,1-3H3,(H,25,28). The number of ketones is 1. The number of aryl methyl sites for hydroxylation is 1. The molecule has 2 amide bonds. The van der Waals surface area contributed by atoms with Gasteiger partial charge in [0.1, 0.15) is 0 Å². The van der Waals surface area contributed by atoms with Gasteiger partial charge in [0.05, 0.1) is 7.11 Å². The zero-order chi connectivity index (χ0) is 22.4. The van der Waals surface area contributed by atoms with Crippen molar-refractivity contribution in [2.45, 2.75) is 32.7 Å². The molecular formula is C24H28N2O5. The summed E-state index contributed by atoms with van der Waals surface area (Å²) < 4.78 is 10.8. The number of ether oxygens (including phenoxy) is 2. The fourth-order valence-electron chi connectivity index (χ4n) is 3.52. The number of likely N-dealkylation sites (tertiary alicyclic amines) is 1. The van der Waals surface area contributed by atoms with Gasteiger partial charge in [0.15, 0.2) is 23.9 Å². The molecule has 1 fully saturated rings. The van der Waals surface area contributed by atoms with E-state index in [0.717, 1.165) is 5.56 Å². The van der Waals surface area contributed by atoms with E-state index >= 15 is 0 Å². The number of amides is 2. The van der Waals surface area contributed by atoms with Gasteiger partial charge in [-0.05, 0) is 57.0 Å². The number of carbonyl (C=O) groups is 3. The summed E-state index contributed by atoms with van der Waals surface area (Å²) in [5, 5.41) is 2.97. The van der Waals surface area contributed by atoms with E-state index in [-0.39, 0.29) is 30.2 Å². The maximum Gasteiger partial charge on any atom is 0.258 e. The molecule has 2 aromatic carbocycles. The number of hydrogen-bond donors (Lipinski definition) is 1. The van der Waals surface area contributed by atoms with Crippen LogP contribution >= 0.6 is 0 Å². The molecule has 0 radical (unpaired) electrons. The third kappa shape index (κ3) is 5.84. The lowest BCUT2D eigenvalue weighted by atomic mass is 10.0. The van der Waals surface area contributed by atoms with E-state index in [1.165, 1.54) is 14.0 Å². The van der Waals surface area contributed by atoms with E-state index in [2.05, 4.69) is 5.32 Å². The Bertz CT molecular complexity index is 947. The lowest BCUT2D eigenvalue weighted by molar-refractivity contribution is -0.124. The first-order valence-corrected chi connectivity index (χ1v) is 10.3. The van der Waals surface area contributed by atoms with Crippen LogP contribution in [0.5, 0.6) is 11.5 Å². The molecule has 1 aliphatic heterocycles. The Morgan fingerprint density at radius 3 is 2.26 bits per heavy atom. The Kier molecular flexibility index (Phi) is 7.28. The molecule has 31 heavy (non-hydrogen) atoms. The minimum absolute atomic E-state index is 0.000141. The number of carbonyl (C=O) groups excluding carboxylic acids is 3. The van der Waals surface area contributed by atoms with Crippen molar-refractivity contribution in [3.8, 4) is 11.5 Å². The monoisotopic (exact) mass is 424 g/mol. The van der Waals surface area contributed by atoms with Crippen LogP contribution in [0.25, 0.3) is 0 Å². The molecular weight excluding hydrogens is 396 g/mol. The number of benzene rings is 2. The molecule has 7 heteroatoms. The molecule has 0 atom stereocenters. The van der Waals surface area contributed by atoms with Crippen LogP contribution in [0.1, 0.15) is 46.0 Å². The van der Waals surface area contributed by atoms with Crippen molar-refractivity contribution in [2.24, 2.45) is 0 Å². The van der Waals surface area contributed by atoms with Crippen LogP contribution in [0.15, 0.2) is 42.5 Å². The van der Waals surface area contributed by atoms with Gasteiger partial charge < -0.3 is 19.7 Å². The van der Waals surface area contributed by atoms with Crippen molar-refractivity contribution in [1.29, 1.82) is 0 Å². The normalized spacial score (nSPS) is 14.1. The topological polar surface area (TPSA) is 84.9 Å². The highest BCUT2D eigenvalue weighted by Crippen LogP contribution is 2.28. The quantitative estimate of drug-likeness (QED) is 0.691. The number of rotatable bonds is 7. The molecule has 2 aromatic rings. The van der Waals surface area contributed by atoms with Gasteiger partial charge in [0, 0.05) is 30.3 Å². The average molecular weight is 424 g/mol. The van der Waals surface area contributed by atoms with Gasteiger partial charge in [-0.1, -0.05) is 17.7 Å². The summed E-state index contributed by atoms with van der Waals surface area (Å²) in [6, 6.07) is 12.4. The highest BCUT2D eigenvalue weighted by Gasteiger charge is 2.24. The van der Waals surface area contributed by atoms with Gasteiger partial charge in [-0.25, -0.2) is 0 Å². The first-order valence-electron chi connectivity index (χ1n) is 10.3.